The number of nitrogens with zero attached hydrogens (tertiary/aromatic N) is 5. The molecule has 3 aromatic heterocycles. The number of amides is 1. The number of thiazole rings is 1. The van der Waals surface area contributed by atoms with Gasteiger partial charge in [-0.05, 0) is 24.5 Å². The molecule has 0 saturated carbocycles. The fourth-order valence-corrected chi connectivity index (χ4v) is 3.56. The first-order valence-electron chi connectivity index (χ1n) is 8.29. The van der Waals surface area contributed by atoms with Crippen LogP contribution in [0.5, 0.6) is 0 Å². The molecule has 7 nitrogen and oxygen atoms in total. The number of piperidine rings is 1. The van der Waals surface area contributed by atoms with Gasteiger partial charge in [-0.1, -0.05) is 11.2 Å². The number of pyridine rings is 1. The first-order chi connectivity index (χ1) is 12.7. The summed E-state index contributed by atoms with van der Waals surface area (Å²) in [5, 5.41) is 5.92. The van der Waals surface area contributed by atoms with Gasteiger partial charge in [-0.15, -0.1) is 11.3 Å². The van der Waals surface area contributed by atoms with E-state index in [9.17, 15) is 9.18 Å². The Labute approximate surface area is 152 Å². The lowest BCUT2D eigenvalue weighted by Gasteiger charge is -2.31. The molecule has 0 N–H and O–H groups in total. The number of carbonyl (C=O) groups is 1. The van der Waals surface area contributed by atoms with Crippen LogP contribution in [0.1, 0.15) is 30.1 Å². The number of hydrogen-bond acceptors (Lipinski definition) is 7. The van der Waals surface area contributed by atoms with E-state index in [1.807, 2.05) is 5.38 Å². The molecular formula is C17H16FN5O2S. The molecule has 0 aliphatic carbocycles. The van der Waals surface area contributed by atoms with Crippen molar-refractivity contribution in [3.63, 3.8) is 0 Å². The third-order valence-corrected chi connectivity index (χ3v) is 4.96. The molecule has 26 heavy (non-hydrogen) atoms. The summed E-state index contributed by atoms with van der Waals surface area (Å²) in [4.78, 5) is 26.6. The van der Waals surface area contributed by atoms with Crippen LogP contribution in [0.2, 0.25) is 0 Å². The largest absolute Gasteiger partial charge is 0.342 e. The fourth-order valence-electron chi connectivity index (χ4n) is 3.03. The van der Waals surface area contributed by atoms with E-state index in [4.69, 9.17) is 4.52 Å². The highest BCUT2D eigenvalue weighted by Crippen LogP contribution is 2.27. The van der Waals surface area contributed by atoms with Gasteiger partial charge in [-0.3, -0.25) is 4.79 Å². The van der Waals surface area contributed by atoms with Gasteiger partial charge in [0.2, 0.25) is 11.9 Å². The Bertz CT molecular complexity index is 881. The summed E-state index contributed by atoms with van der Waals surface area (Å²) in [6.07, 6.45) is 3.38. The molecule has 1 unspecified atom stereocenters. The van der Waals surface area contributed by atoms with E-state index in [1.165, 1.54) is 23.6 Å². The maximum Gasteiger partial charge on any atom is 0.277 e. The Kier molecular flexibility index (Phi) is 4.70. The van der Waals surface area contributed by atoms with Crippen LogP contribution in [0, 0.1) is 5.95 Å². The fraction of sp³-hybridized carbons (Fsp3) is 0.353. The maximum absolute atomic E-state index is 12.9. The molecule has 4 heterocycles. The SMILES string of the molecule is O=C(Cc1ccc(F)nc1)N1CCCC(c2noc(-c3cscn3)n2)C1. The Hall–Kier alpha value is -2.68. The molecule has 1 atom stereocenters. The van der Waals surface area contributed by atoms with Gasteiger partial charge in [0.15, 0.2) is 5.82 Å². The summed E-state index contributed by atoms with van der Waals surface area (Å²) in [7, 11) is 0. The monoisotopic (exact) mass is 373 g/mol. The third kappa shape index (κ3) is 3.62. The molecule has 0 spiro atoms. The molecule has 1 fully saturated rings. The smallest absolute Gasteiger partial charge is 0.277 e. The third-order valence-electron chi connectivity index (χ3n) is 4.38. The highest BCUT2D eigenvalue weighted by Gasteiger charge is 2.28. The molecule has 0 aromatic carbocycles. The average molecular weight is 373 g/mol. The van der Waals surface area contributed by atoms with Crippen LogP contribution in [0.4, 0.5) is 4.39 Å². The van der Waals surface area contributed by atoms with Crippen molar-refractivity contribution in [3.05, 3.63) is 46.6 Å². The van der Waals surface area contributed by atoms with Crippen molar-refractivity contribution in [1.29, 1.82) is 0 Å². The Balaban J connectivity index is 1.42. The predicted octanol–water partition coefficient (Wildman–Crippen LogP) is 2.68. The van der Waals surface area contributed by atoms with E-state index in [0.717, 1.165) is 12.8 Å². The highest BCUT2D eigenvalue weighted by atomic mass is 32.1. The molecule has 4 rings (SSSR count). The Morgan fingerprint density at radius 1 is 1.38 bits per heavy atom. The van der Waals surface area contributed by atoms with Crippen molar-refractivity contribution in [1.82, 2.24) is 25.0 Å². The molecule has 1 amide bonds. The van der Waals surface area contributed by atoms with Gasteiger partial charge in [0.1, 0.15) is 5.69 Å². The van der Waals surface area contributed by atoms with Crippen LogP contribution in [0.25, 0.3) is 11.6 Å². The Morgan fingerprint density at radius 3 is 3.08 bits per heavy atom. The van der Waals surface area contributed by atoms with Crippen molar-refractivity contribution in [2.24, 2.45) is 0 Å². The van der Waals surface area contributed by atoms with E-state index >= 15 is 0 Å². The van der Waals surface area contributed by atoms with Gasteiger partial charge in [-0.25, -0.2) is 9.97 Å². The molecule has 0 bridgehead atoms. The molecule has 134 valence electrons. The second-order valence-electron chi connectivity index (χ2n) is 6.18. The van der Waals surface area contributed by atoms with Crippen molar-refractivity contribution >= 4 is 17.2 Å². The lowest BCUT2D eigenvalue weighted by atomic mass is 9.97. The van der Waals surface area contributed by atoms with E-state index < -0.39 is 5.95 Å². The molecular weight excluding hydrogens is 357 g/mol. The van der Waals surface area contributed by atoms with Gasteiger partial charge in [-0.2, -0.15) is 9.37 Å². The summed E-state index contributed by atoms with van der Waals surface area (Å²) in [6.45, 7) is 1.24. The lowest BCUT2D eigenvalue weighted by Crippen LogP contribution is -2.40. The second-order valence-corrected chi connectivity index (χ2v) is 6.89. The van der Waals surface area contributed by atoms with Crippen molar-refractivity contribution in [3.8, 4) is 11.6 Å². The van der Waals surface area contributed by atoms with Gasteiger partial charge >= 0.3 is 0 Å². The summed E-state index contributed by atoms with van der Waals surface area (Å²) >= 11 is 1.46. The normalized spacial score (nSPS) is 17.4. The topological polar surface area (TPSA) is 85.0 Å². The Morgan fingerprint density at radius 2 is 2.31 bits per heavy atom. The molecule has 0 radical (unpaired) electrons. The number of halogens is 1. The first-order valence-corrected chi connectivity index (χ1v) is 9.23. The van der Waals surface area contributed by atoms with Crippen LogP contribution in [0.3, 0.4) is 0 Å². The number of carbonyl (C=O) groups excluding carboxylic acids is 1. The minimum absolute atomic E-state index is 0.00803. The summed E-state index contributed by atoms with van der Waals surface area (Å²) in [6, 6.07) is 2.85. The van der Waals surface area contributed by atoms with Crippen LogP contribution in [-0.2, 0) is 11.2 Å². The van der Waals surface area contributed by atoms with Gasteiger partial charge in [0.25, 0.3) is 5.89 Å². The number of rotatable bonds is 4. The second kappa shape index (κ2) is 7.28. The number of likely N-dealkylation sites (tertiary alicyclic amines) is 1. The minimum Gasteiger partial charge on any atom is -0.342 e. The lowest BCUT2D eigenvalue weighted by molar-refractivity contribution is -0.131. The van der Waals surface area contributed by atoms with E-state index in [0.29, 0.717) is 36.1 Å². The minimum atomic E-state index is -0.549. The molecule has 9 heteroatoms. The maximum atomic E-state index is 12.9. The van der Waals surface area contributed by atoms with Crippen LogP contribution in [0.15, 0.2) is 33.7 Å². The molecule has 1 saturated heterocycles. The van der Waals surface area contributed by atoms with Crippen LogP contribution >= 0.6 is 11.3 Å². The van der Waals surface area contributed by atoms with Crippen molar-refractivity contribution < 1.29 is 13.7 Å². The average Bonchev–Trinajstić information content (AvgIpc) is 3.35. The molecule has 1 aliphatic rings. The highest BCUT2D eigenvalue weighted by molar-refractivity contribution is 7.07. The number of hydrogen-bond donors (Lipinski definition) is 0. The number of aromatic nitrogens is 4. The molecule has 3 aromatic rings. The zero-order valence-corrected chi connectivity index (χ0v) is 14.7. The predicted molar refractivity (Wildman–Crippen MR) is 91.9 cm³/mol. The standard InChI is InChI=1S/C17H16FN5O2S/c18-14-4-3-11(7-19-14)6-15(24)23-5-1-2-12(8-23)16-21-17(25-22-16)13-9-26-10-20-13/h3-4,7,9-10,12H,1-2,5-6,8H2. The summed E-state index contributed by atoms with van der Waals surface area (Å²) in [5.74, 6) is 0.491. The van der Waals surface area contributed by atoms with E-state index in [2.05, 4.69) is 20.1 Å². The van der Waals surface area contributed by atoms with Crippen molar-refractivity contribution in [2.75, 3.05) is 13.1 Å². The quantitative estimate of drug-likeness (QED) is 0.654. The van der Waals surface area contributed by atoms with Gasteiger partial charge in [0.05, 0.1) is 11.9 Å². The van der Waals surface area contributed by atoms with Crippen LogP contribution < -0.4 is 0 Å². The van der Waals surface area contributed by atoms with Crippen LogP contribution in [-0.4, -0.2) is 44.0 Å². The van der Waals surface area contributed by atoms with E-state index in [-0.39, 0.29) is 18.2 Å². The van der Waals surface area contributed by atoms with E-state index in [1.54, 1.807) is 16.5 Å². The van der Waals surface area contributed by atoms with Gasteiger partial charge < -0.3 is 9.42 Å². The van der Waals surface area contributed by atoms with Crippen molar-refractivity contribution in [2.45, 2.75) is 25.2 Å². The summed E-state index contributed by atoms with van der Waals surface area (Å²) < 4.78 is 18.2. The summed E-state index contributed by atoms with van der Waals surface area (Å²) in [5.41, 5.74) is 3.08. The zero-order valence-electron chi connectivity index (χ0n) is 13.8. The molecule has 1 aliphatic heterocycles. The van der Waals surface area contributed by atoms with Gasteiger partial charge in [0, 0.05) is 30.6 Å². The zero-order chi connectivity index (χ0) is 17.9. The first kappa shape index (κ1) is 16.8.